The largest absolute Gasteiger partial charge is 0.491 e. The highest BCUT2D eigenvalue weighted by atomic mass is 32.1. The Morgan fingerprint density at radius 2 is 1.77 bits per heavy atom. The van der Waals surface area contributed by atoms with Crippen LogP contribution in [0.1, 0.15) is 23.9 Å². The fourth-order valence-electron chi connectivity index (χ4n) is 4.16. The number of ether oxygens (including phenoxy) is 1. The lowest BCUT2D eigenvalue weighted by molar-refractivity contribution is 0.321. The minimum absolute atomic E-state index is 0.163. The van der Waals surface area contributed by atoms with Gasteiger partial charge in [0.05, 0.1) is 16.8 Å². The van der Waals surface area contributed by atoms with Crippen molar-refractivity contribution in [2.45, 2.75) is 6.92 Å². The second-order valence-electron chi connectivity index (χ2n) is 8.76. The van der Waals surface area contributed by atoms with E-state index in [1.807, 2.05) is 30.3 Å². The molecule has 0 aliphatic carbocycles. The Morgan fingerprint density at radius 3 is 2.50 bits per heavy atom. The van der Waals surface area contributed by atoms with Crippen molar-refractivity contribution in [3.63, 3.8) is 0 Å². The molecule has 0 unspecified atom stereocenters. The van der Waals surface area contributed by atoms with Gasteiger partial charge in [-0.1, -0.05) is 47.7 Å². The maximum Gasteiger partial charge on any atom is 0.291 e. The second kappa shape index (κ2) is 10.7. The van der Waals surface area contributed by atoms with E-state index in [4.69, 9.17) is 9.84 Å². The first kappa shape index (κ1) is 25.3. The van der Waals surface area contributed by atoms with Crippen LogP contribution in [0.15, 0.2) is 83.8 Å². The molecule has 10 heteroatoms. The van der Waals surface area contributed by atoms with E-state index < -0.39 is 5.82 Å². The normalized spacial score (nSPS) is 12.1. The molecule has 0 fully saturated rings. The molecule has 6 aromatic rings. The topological polar surface area (TPSA) is 74.3 Å². The highest BCUT2D eigenvalue weighted by molar-refractivity contribution is 7.15. The summed E-state index contributed by atoms with van der Waals surface area (Å²) in [5.41, 5.74) is 2.95. The molecule has 7 nitrogen and oxygen atoms in total. The van der Waals surface area contributed by atoms with E-state index in [-0.39, 0.29) is 17.1 Å². The highest BCUT2D eigenvalue weighted by Gasteiger charge is 2.15. The Kier molecular flexibility index (Phi) is 6.75. The number of rotatable bonds is 7. The molecule has 0 atom stereocenters. The molecule has 0 saturated carbocycles. The van der Waals surface area contributed by atoms with Crippen molar-refractivity contribution in [2.24, 2.45) is 0 Å². The number of aromatic nitrogens is 5. The minimum Gasteiger partial charge on any atom is -0.491 e. The van der Waals surface area contributed by atoms with Crippen molar-refractivity contribution < 1.29 is 13.5 Å². The summed E-state index contributed by atoms with van der Waals surface area (Å²) in [6.45, 7) is 2.14. The van der Waals surface area contributed by atoms with Gasteiger partial charge in [-0.25, -0.2) is 13.5 Å². The molecular formula is C30H21F2N5O2S. The Bertz CT molecular complexity index is 1960. The molecule has 3 aromatic carbocycles. The van der Waals surface area contributed by atoms with Crippen molar-refractivity contribution in [3.05, 3.63) is 122 Å². The number of nitrogens with zero attached hydrogens (tertiary/aromatic N) is 5. The molecule has 3 aromatic heterocycles. The molecule has 0 aliphatic rings. The molecule has 0 saturated heterocycles. The molecule has 0 amide bonds. The predicted octanol–water partition coefficient (Wildman–Crippen LogP) is 5.40. The minimum atomic E-state index is -0.496. The Hall–Kier alpha value is -4.96. The van der Waals surface area contributed by atoms with Crippen molar-refractivity contribution in [2.75, 3.05) is 6.61 Å². The first-order valence-corrected chi connectivity index (χ1v) is 13.2. The molecular weight excluding hydrogens is 532 g/mol. The van der Waals surface area contributed by atoms with Crippen molar-refractivity contribution in [3.8, 4) is 22.7 Å². The number of thiazole rings is 1. The van der Waals surface area contributed by atoms with E-state index in [9.17, 15) is 13.6 Å². The number of halogens is 2. The number of hydrogen-bond acceptors (Lipinski definition) is 6. The van der Waals surface area contributed by atoms with Gasteiger partial charge in [0.25, 0.3) is 5.56 Å². The molecule has 0 aliphatic heterocycles. The molecule has 0 spiro atoms. The average Bonchev–Trinajstić information content (AvgIpc) is 3.65. The standard InChI is InChI=1S/C30H21F2N5O2S/c1-2-39-25-14-11-20(16-24(25)32)28-21(18-36(35-28)23-6-4-3-5-7-23)17-26-29(38)37-30(40-26)33-27(34-37)15-10-19-8-12-22(31)13-9-19/h3-18H,2H2,1H3. The lowest BCUT2D eigenvalue weighted by atomic mass is 10.1. The number of benzene rings is 3. The summed E-state index contributed by atoms with van der Waals surface area (Å²) in [6.07, 6.45) is 6.92. The van der Waals surface area contributed by atoms with Gasteiger partial charge in [-0.3, -0.25) is 4.79 Å². The van der Waals surface area contributed by atoms with Crippen molar-refractivity contribution in [1.29, 1.82) is 0 Å². The Labute approximate surface area is 230 Å². The van der Waals surface area contributed by atoms with E-state index in [0.29, 0.717) is 38.7 Å². The summed E-state index contributed by atoms with van der Waals surface area (Å²) in [4.78, 5) is 18.1. The quantitative estimate of drug-likeness (QED) is 0.265. The molecule has 40 heavy (non-hydrogen) atoms. The van der Waals surface area contributed by atoms with Crippen LogP contribution in [0.3, 0.4) is 0 Å². The summed E-state index contributed by atoms with van der Waals surface area (Å²) < 4.78 is 36.6. The third-order valence-corrected chi connectivity index (χ3v) is 7.01. The number of para-hydroxylation sites is 1. The first-order valence-electron chi connectivity index (χ1n) is 12.4. The van der Waals surface area contributed by atoms with E-state index in [1.165, 1.54) is 34.1 Å². The van der Waals surface area contributed by atoms with Gasteiger partial charge in [-0.15, -0.1) is 5.10 Å². The van der Waals surface area contributed by atoms with E-state index in [0.717, 1.165) is 11.3 Å². The monoisotopic (exact) mass is 553 g/mol. The zero-order valence-electron chi connectivity index (χ0n) is 21.2. The zero-order valence-corrected chi connectivity index (χ0v) is 22.0. The van der Waals surface area contributed by atoms with Crippen LogP contribution in [0.25, 0.3) is 40.1 Å². The predicted molar refractivity (Wildman–Crippen MR) is 151 cm³/mol. The van der Waals surface area contributed by atoms with Crippen LogP contribution in [0.5, 0.6) is 5.75 Å². The molecule has 0 bridgehead atoms. The summed E-state index contributed by atoms with van der Waals surface area (Å²) in [5, 5.41) is 9.03. The lowest BCUT2D eigenvalue weighted by Gasteiger charge is -2.06. The van der Waals surface area contributed by atoms with Gasteiger partial charge in [0.2, 0.25) is 4.96 Å². The van der Waals surface area contributed by atoms with Gasteiger partial charge < -0.3 is 4.74 Å². The van der Waals surface area contributed by atoms with Crippen LogP contribution in [-0.4, -0.2) is 31.0 Å². The van der Waals surface area contributed by atoms with Gasteiger partial charge >= 0.3 is 0 Å². The van der Waals surface area contributed by atoms with Crippen LogP contribution in [0.2, 0.25) is 0 Å². The Morgan fingerprint density at radius 1 is 0.975 bits per heavy atom. The summed E-state index contributed by atoms with van der Waals surface area (Å²) >= 11 is 1.19. The Balaban J connectivity index is 1.41. The molecule has 6 rings (SSSR count). The first-order chi connectivity index (χ1) is 19.5. The fraction of sp³-hybridized carbons (Fsp3) is 0.0667. The lowest BCUT2D eigenvalue weighted by Crippen LogP contribution is -2.23. The molecule has 198 valence electrons. The second-order valence-corrected chi connectivity index (χ2v) is 9.77. The van der Waals surface area contributed by atoms with Gasteiger partial charge in [0.1, 0.15) is 11.5 Å². The number of fused-ring (bicyclic) bond motifs is 1. The van der Waals surface area contributed by atoms with Crippen LogP contribution in [0.4, 0.5) is 8.78 Å². The molecule has 3 heterocycles. The van der Waals surface area contributed by atoms with Gasteiger partial charge in [-0.2, -0.15) is 14.6 Å². The zero-order chi connectivity index (χ0) is 27.6. The van der Waals surface area contributed by atoms with Crippen LogP contribution in [0, 0.1) is 11.6 Å². The van der Waals surface area contributed by atoms with Crippen LogP contribution >= 0.6 is 11.3 Å². The van der Waals surface area contributed by atoms with Gasteiger partial charge in [0, 0.05) is 17.3 Å². The van der Waals surface area contributed by atoms with E-state index in [1.54, 1.807) is 60.3 Å². The van der Waals surface area contributed by atoms with E-state index in [2.05, 4.69) is 10.1 Å². The number of hydrogen-bond donors (Lipinski definition) is 0. The van der Waals surface area contributed by atoms with Gasteiger partial charge in [-0.05, 0) is 67.1 Å². The maximum atomic E-state index is 14.7. The summed E-state index contributed by atoms with van der Waals surface area (Å²) in [7, 11) is 0. The average molecular weight is 554 g/mol. The summed E-state index contributed by atoms with van der Waals surface area (Å²) in [5.74, 6) is -0.288. The molecule has 0 radical (unpaired) electrons. The highest BCUT2D eigenvalue weighted by Crippen LogP contribution is 2.28. The molecule has 0 N–H and O–H groups in total. The third kappa shape index (κ3) is 5.04. The van der Waals surface area contributed by atoms with Crippen molar-refractivity contribution in [1.82, 2.24) is 24.4 Å². The third-order valence-electron chi connectivity index (χ3n) is 6.05. The van der Waals surface area contributed by atoms with Gasteiger partial charge in [0.15, 0.2) is 17.4 Å². The van der Waals surface area contributed by atoms with Crippen LogP contribution in [-0.2, 0) is 0 Å². The summed E-state index contributed by atoms with van der Waals surface area (Å²) in [6, 6.07) is 20.2. The van der Waals surface area contributed by atoms with Crippen LogP contribution < -0.4 is 14.8 Å². The fourth-order valence-corrected chi connectivity index (χ4v) is 5.06. The van der Waals surface area contributed by atoms with Crippen molar-refractivity contribution >= 4 is 34.5 Å². The van der Waals surface area contributed by atoms with E-state index >= 15 is 0 Å². The smallest absolute Gasteiger partial charge is 0.291 e. The maximum absolute atomic E-state index is 14.7. The SMILES string of the molecule is CCOc1ccc(-c2nn(-c3ccccc3)cc2C=c2sc3nc(C=Cc4ccc(F)cc4)nn3c2=O)cc1F.